The van der Waals surface area contributed by atoms with Gasteiger partial charge in [0.1, 0.15) is 18.1 Å². The highest BCUT2D eigenvalue weighted by atomic mass is 16.5. The Kier molecular flexibility index (Phi) is 5.81. The minimum absolute atomic E-state index is 0.188. The van der Waals surface area contributed by atoms with Gasteiger partial charge in [-0.15, -0.1) is 0 Å². The zero-order valence-corrected chi connectivity index (χ0v) is 18.1. The number of carbonyl (C=O) groups is 1. The quantitative estimate of drug-likeness (QED) is 0.547. The average Bonchev–Trinajstić information content (AvgIpc) is 3.45. The first kappa shape index (κ1) is 20.5. The van der Waals surface area contributed by atoms with Crippen LogP contribution in [0.4, 0.5) is 0 Å². The molecule has 2 aromatic heterocycles. The number of nitrogens with zero attached hydrogens (tertiary/aromatic N) is 3. The second-order valence-electron chi connectivity index (χ2n) is 7.83. The van der Waals surface area contributed by atoms with Crippen LogP contribution in [0, 0.1) is 6.92 Å². The van der Waals surface area contributed by atoms with Crippen molar-refractivity contribution in [3.8, 4) is 5.75 Å². The van der Waals surface area contributed by atoms with Crippen molar-refractivity contribution in [1.29, 1.82) is 0 Å². The molecular weight excluding hydrogens is 382 g/mol. The third-order valence-corrected chi connectivity index (χ3v) is 6.07. The molecule has 0 radical (unpaired) electrons. The number of benzene rings is 1. The molecule has 3 heterocycles. The molecule has 0 saturated carbocycles. The summed E-state index contributed by atoms with van der Waals surface area (Å²) in [5.41, 5.74) is 4.40. The van der Waals surface area contributed by atoms with Crippen LogP contribution >= 0.6 is 0 Å². The highest BCUT2D eigenvalue weighted by molar-refractivity contribution is 5.86. The number of rotatable bonds is 7. The molecule has 1 saturated heterocycles. The van der Waals surface area contributed by atoms with Crippen LogP contribution in [0.3, 0.4) is 0 Å². The van der Waals surface area contributed by atoms with Crippen molar-refractivity contribution < 1.29 is 18.8 Å². The van der Waals surface area contributed by atoms with Gasteiger partial charge in [0.15, 0.2) is 0 Å². The van der Waals surface area contributed by atoms with E-state index >= 15 is 0 Å². The molecule has 0 amide bonds. The third kappa shape index (κ3) is 3.69. The van der Waals surface area contributed by atoms with Gasteiger partial charge in [-0.05, 0) is 50.1 Å². The maximum Gasteiger partial charge on any atom is 0.325 e. The Balaban J connectivity index is 1.70. The minimum atomic E-state index is -0.263. The lowest BCUT2D eigenvalue weighted by Gasteiger charge is -2.24. The van der Waals surface area contributed by atoms with Gasteiger partial charge in [0.25, 0.3) is 0 Å². The summed E-state index contributed by atoms with van der Waals surface area (Å²) in [6.07, 6.45) is 5.15. The summed E-state index contributed by atoms with van der Waals surface area (Å²) in [7, 11) is 3.09. The Morgan fingerprint density at radius 1 is 1.33 bits per heavy atom. The molecule has 0 bridgehead atoms. The van der Waals surface area contributed by atoms with E-state index in [4.69, 9.17) is 14.0 Å². The van der Waals surface area contributed by atoms with Gasteiger partial charge in [0.2, 0.25) is 0 Å². The SMILES string of the molecule is CCc1onc(C)c1[C@@H]1CCCN1Cc1cn(CC(=O)OC)c2ccc(OC)cc12. The summed E-state index contributed by atoms with van der Waals surface area (Å²) < 4.78 is 17.9. The Hall–Kier alpha value is -2.80. The molecular formula is C23H29N3O4. The Morgan fingerprint density at radius 3 is 2.90 bits per heavy atom. The average molecular weight is 412 g/mol. The molecule has 1 aromatic carbocycles. The van der Waals surface area contributed by atoms with E-state index in [9.17, 15) is 4.79 Å². The lowest BCUT2D eigenvalue weighted by molar-refractivity contribution is -0.141. The van der Waals surface area contributed by atoms with Crippen LogP contribution in [0.15, 0.2) is 28.9 Å². The van der Waals surface area contributed by atoms with Crippen LogP contribution < -0.4 is 4.74 Å². The number of esters is 1. The molecule has 7 heteroatoms. The van der Waals surface area contributed by atoms with Gasteiger partial charge in [-0.1, -0.05) is 12.1 Å². The zero-order chi connectivity index (χ0) is 21.3. The number of likely N-dealkylation sites (tertiary alicyclic amines) is 1. The van der Waals surface area contributed by atoms with Crippen LogP contribution in [0.1, 0.15) is 48.4 Å². The zero-order valence-electron chi connectivity index (χ0n) is 18.1. The predicted molar refractivity (Wildman–Crippen MR) is 114 cm³/mol. The van der Waals surface area contributed by atoms with Crippen molar-refractivity contribution in [2.75, 3.05) is 20.8 Å². The van der Waals surface area contributed by atoms with Crippen molar-refractivity contribution in [2.45, 2.75) is 52.2 Å². The number of hydrogen-bond donors (Lipinski definition) is 0. The lowest BCUT2D eigenvalue weighted by Crippen LogP contribution is -2.23. The van der Waals surface area contributed by atoms with Gasteiger partial charge in [-0.3, -0.25) is 9.69 Å². The van der Waals surface area contributed by atoms with E-state index in [0.29, 0.717) is 6.04 Å². The summed E-state index contributed by atoms with van der Waals surface area (Å²) in [4.78, 5) is 14.4. The summed E-state index contributed by atoms with van der Waals surface area (Å²) in [6, 6.07) is 6.27. The largest absolute Gasteiger partial charge is 0.497 e. The van der Waals surface area contributed by atoms with Gasteiger partial charge in [-0.2, -0.15) is 0 Å². The fourth-order valence-corrected chi connectivity index (χ4v) is 4.60. The second kappa shape index (κ2) is 8.52. The van der Waals surface area contributed by atoms with E-state index < -0.39 is 0 Å². The molecule has 1 aliphatic heterocycles. The maximum atomic E-state index is 11.9. The highest BCUT2D eigenvalue weighted by Gasteiger charge is 2.32. The second-order valence-corrected chi connectivity index (χ2v) is 7.83. The van der Waals surface area contributed by atoms with E-state index in [0.717, 1.165) is 60.5 Å². The number of hydrogen-bond acceptors (Lipinski definition) is 6. The molecule has 1 fully saturated rings. The van der Waals surface area contributed by atoms with Crippen LogP contribution in [0.25, 0.3) is 10.9 Å². The maximum absolute atomic E-state index is 11.9. The van der Waals surface area contributed by atoms with E-state index in [1.165, 1.54) is 18.2 Å². The Labute approximate surface area is 176 Å². The monoisotopic (exact) mass is 411 g/mol. The molecule has 0 spiro atoms. The fraction of sp³-hybridized carbons (Fsp3) is 0.478. The standard InChI is InChI=1S/C23H29N3O4/c1-5-21-23(15(2)24-30-21)20-7-6-10-25(20)12-16-13-26(14-22(27)29-4)19-9-8-17(28-3)11-18(16)19/h8-9,11,13,20H,5-7,10,12,14H2,1-4H3/t20-/m0/s1. The molecule has 7 nitrogen and oxygen atoms in total. The molecule has 0 unspecified atom stereocenters. The third-order valence-electron chi connectivity index (χ3n) is 6.07. The number of ether oxygens (including phenoxy) is 2. The topological polar surface area (TPSA) is 69.7 Å². The van der Waals surface area contributed by atoms with Crippen molar-refractivity contribution >= 4 is 16.9 Å². The van der Waals surface area contributed by atoms with Gasteiger partial charge < -0.3 is 18.6 Å². The van der Waals surface area contributed by atoms with Gasteiger partial charge in [0.05, 0.1) is 19.9 Å². The van der Waals surface area contributed by atoms with Crippen LogP contribution in [-0.4, -0.2) is 41.4 Å². The van der Waals surface area contributed by atoms with E-state index in [1.54, 1.807) is 7.11 Å². The van der Waals surface area contributed by atoms with Gasteiger partial charge >= 0.3 is 5.97 Å². The first-order valence-corrected chi connectivity index (χ1v) is 10.5. The fourth-order valence-electron chi connectivity index (χ4n) is 4.60. The van der Waals surface area contributed by atoms with Gasteiger partial charge in [0, 0.05) is 41.7 Å². The van der Waals surface area contributed by atoms with Crippen molar-refractivity contribution in [3.05, 3.63) is 47.0 Å². The smallest absolute Gasteiger partial charge is 0.325 e. The normalized spacial score (nSPS) is 17.0. The van der Waals surface area contributed by atoms with Crippen molar-refractivity contribution in [2.24, 2.45) is 0 Å². The van der Waals surface area contributed by atoms with Crippen LogP contribution in [-0.2, 0) is 29.0 Å². The molecule has 3 aromatic rings. The molecule has 0 N–H and O–H groups in total. The molecule has 30 heavy (non-hydrogen) atoms. The lowest BCUT2D eigenvalue weighted by atomic mass is 10.0. The van der Waals surface area contributed by atoms with Gasteiger partial charge in [-0.25, -0.2) is 0 Å². The van der Waals surface area contributed by atoms with E-state index in [-0.39, 0.29) is 12.5 Å². The summed E-state index contributed by atoms with van der Waals surface area (Å²) >= 11 is 0. The van der Waals surface area contributed by atoms with Crippen molar-refractivity contribution in [3.63, 3.8) is 0 Å². The summed E-state index contributed by atoms with van der Waals surface area (Å²) in [5.74, 6) is 1.53. The number of carbonyl (C=O) groups excluding carboxylic acids is 1. The highest BCUT2D eigenvalue weighted by Crippen LogP contribution is 2.38. The van der Waals surface area contributed by atoms with Crippen molar-refractivity contribution in [1.82, 2.24) is 14.6 Å². The first-order chi connectivity index (χ1) is 14.5. The summed E-state index contributed by atoms with van der Waals surface area (Å²) in [6.45, 7) is 6.13. The molecule has 160 valence electrons. The molecule has 1 aliphatic rings. The van der Waals surface area contributed by atoms with Crippen LogP contribution in [0.5, 0.6) is 5.75 Å². The molecule has 1 atom stereocenters. The van der Waals surface area contributed by atoms with E-state index in [1.807, 2.05) is 29.7 Å². The first-order valence-electron chi connectivity index (χ1n) is 10.5. The predicted octanol–water partition coefficient (Wildman–Crippen LogP) is 4.02. The summed E-state index contributed by atoms with van der Waals surface area (Å²) in [5, 5.41) is 5.32. The van der Waals surface area contributed by atoms with E-state index in [2.05, 4.69) is 23.2 Å². The number of aromatic nitrogens is 2. The molecule has 0 aliphatic carbocycles. The minimum Gasteiger partial charge on any atom is -0.497 e. The number of aryl methyl sites for hydroxylation is 2. The van der Waals surface area contributed by atoms with Crippen LogP contribution in [0.2, 0.25) is 0 Å². The number of fused-ring (bicyclic) bond motifs is 1. The number of methoxy groups -OCH3 is 2. The Bertz CT molecular complexity index is 1050. The Morgan fingerprint density at radius 2 is 2.17 bits per heavy atom. The molecule has 4 rings (SSSR count).